The summed E-state index contributed by atoms with van der Waals surface area (Å²) in [5.41, 5.74) is 6.74. The van der Waals surface area contributed by atoms with Gasteiger partial charge >= 0.3 is 0 Å². The molecule has 0 saturated carbocycles. The van der Waals surface area contributed by atoms with Gasteiger partial charge in [-0.2, -0.15) is 4.98 Å². The van der Waals surface area contributed by atoms with Crippen molar-refractivity contribution in [3.05, 3.63) is 42.3 Å². The van der Waals surface area contributed by atoms with Crippen molar-refractivity contribution in [3.8, 4) is 23.0 Å². The number of hydrogen-bond donors (Lipinski definition) is 2. The molecule has 0 unspecified atom stereocenters. The molecule has 0 saturated heterocycles. The van der Waals surface area contributed by atoms with Gasteiger partial charge in [-0.3, -0.25) is 0 Å². The van der Waals surface area contributed by atoms with Crippen LogP contribution in [0.5, 0.6) is 0 Å². The molecule has 18 heavy (non-hydrogen) atoms. The summed E-state index contributed by atoms with van der Waals surface area (Å²) in [6, 6.07) is 8.08. The maximum Gasteiger partial charge on any atom is 0.260 e. The lowest BCUT2D eigenvalue weighted by Gasteiger charge is -2.00. The summed E-state index contributed by atoms with van der Waals surface area (Å²) in [7, 11) is 0. The monoisotopic (exact) mass is 244 g/mol. The normalized spacial score (nSPS) is 10.7. The van der Waals surface area contributed by atoms with E-state index in [1.165, 1.54) is 6.07 Å². The highest BCUT2D eigenvalue weighted by Crippen LogP contribution is 2.27. The zero-order valence-corrected chi connectivity index (χ0v) is 9.22. The quantitative estimate of drug-likeness (QED) is 0.678. The van der Waals surface area contributed by atoms with Gasteiger partial charge in [0.2, 0.25) is 5.82 Å². The second kappa shape index (κ2) is 3.99. The molecular weight excluding hydrogens is 235 g/mol. The van der Waals surface area contributed by atoms with Crippen molar-refractivity contribution in [2.24, 2.45) is 0 Å². The molecule has 90 valence electrons. The third-order valence-corrected chi connectivity index (χ3v) is 2.55. The number of nitrogen functional groups attached to an aromatic ring is 1. The predicted molar refractivity (Wildman–Crippen MR) is 63.9 cm³/mol. The molecule has 3 N–H and O–H groups in total. The number of H-pyrrole nitrogens is 1. The summed E-state index contributed by atoms with van der Waals surface area (Å²) >= 11 is 0. The fraction of sp³-hybridized carbons (Fsp3) is 0. The molecule has 0 fully saturated rings. The Hall–Kier alpha value is -2.63. The second-order valence-corrected chi connectivity index (χ2v) is 3.71. The van der Waals surface area contributed by atoms with E-state index in [2.05, 4.69) is 15.1 Å². The molecular formula is C12H9FN4O. The summed E-state index contributed by atoms with van der Waals surface area (Å²) < 4.78 is 18.4. The Bertz CT molecular complexity index is 675. The Morgan fingerprint density at radius 3 is 2.89 bits per heavy atom. The topological polar surface area (TPSA) is 80.7 Å². The number of halogens is 1. The summed E-state index contributed by atoms with van der Waals surface area (Å²) in [6.07, 6.45) is 1.75. The largest absolute Gasteiger partial charge is 0.396 e. The van der Waals surface area contributed by atoms with Gasteiger partial charge in [0.15, 0.2) is 0 Å². The van der Waals surface area contributed by atoms with E-state index in [9.17, 15) is 4.39 Å². The Balaban J connectivity index is 2.06. The van der Waals surface area contributed by atoms with Crippen LogP contribution in [0.15, 0.2) is 41.1 Å². The highest BCUT2D eigenvalue weighted by atomic mass is 19.1. The molecule has 0 aliphatic carbocycles. The number of anilines is 1. The first-order valence-electron chi connectivity index (χ1n) is 5.27. The Labute approximate surface area is 101 Å². The van der Waals surface area contributed by atoms with Crippen LogP contribution >= 0.6 is 0 Å². The van der Waals surface area contributed by atoms with E-state index in [1.54, 1.807) is 18.3 Å². The number of nitrogens with zero attached hydrogens (tertiary/aromatic N) is 2. The minimum Gasteiger partial charge on any atom is -0.396 e. The molecule has 2 aromatic heterocycles. The highest BCUT2D eigenvalue weighted by molar-refractivity contribution is 5.71. The van der Waals surface area contributed by atoms with Crippen LogP contribution in [-0.2, 0) is 0 Å². The molecule has 0 atom stereocenters. The van der Waals surface area contributed by atoms with Gasteiger partial charge in [-0.25, -0.2) is 4.39 Å². The van der Waals surface area contributed by atoms with Crippen LogP contribution in [0.3, 0.4) is 0 Å². The average molecular weight is 244 g/mol. The first kappa shape index (κ1) is 10.5. The summed E-state index contributed by atoms with van der Waals surface area (Å²) in [5.74, 6) is 0.0855. The average Bonchev–Trinajstić information content (AvgIpc) is 3.01. The number of rotatable bonds is 2. The predicted octanol–water partition coefficient (Wildman–Crippen LogP) is 2.45. The molecule has 0 aliphatic heterocycles. The van der Waals surface area contributed by atoms with E-state index < -0.39 is 5.82 Å². The van der Waals surface area contributed by atoms with Gasteiger partial charge in [-0.05, 0) is 24.3 Å². The third-order valence-electron chi connectivity index (χ3n) is 2.55. The molecule has 3 rings (SSSR count). The maximum atomic E-state index is 13.3. The van der Waals surface area contributed by atoms with Crippen LogP contribution in [0.1, 0.15) is 0 Å². The fourth-order valence-corrected chi connectivity index (χ4v) is 1.64. The van der Waals surface area contributed by atoms with Crippen LogP contribution in [0.2, 0.25) is 0 Å². The number of nitrogens with two attached hydrogens (primary N) is 1. The number of aromatic amines is 1. The summed E-state index contributed by atoms with van der Waals surface area (Å²) in [5, 5.41) is 3.81. The number of hydrogen-bond acceptors (Lipinski definition) is 4. The fourth-order valence-electron chi connectivity index (χ4n) is 1.64. The van der Waals surface area contributed by atoms with E-state index in [0.29, 0.717) is 11.4 Å². The van der Waals surface area contributed by atoms with Gasteiger partial charge in [0.05, 0.1) is 16.9 Å². The SMILES string of the molecule is Nc1c(F)cccc1-c1nc(-c2ccc[nH]2)no1. The minimum absolute atomic E-state index is 0.000754. The molecule has 0 aliphatic rings. The standard InChI is InChI=1S/C12H9FN4O/c13-8-4-1-3-7(10(8)14)12-16-11(17-18-12)9-5-2-6-15-9/h1-6,15H,14H2. The molecule has 1 aromatic carbocycles. The van der Waals surface area contributed by atoms with Crippen LogP contribution in [0.4, 0.5) is 10.1 Å². The van der Waals surface area contributed by atoms with Crippen molar-refractivity contribution in [2.75, 3.05) is 5.73 Å². The second-order valence-electron chi connectivity index (χ2n) is 3.71. The molecule has 0 bridgehead atoms. The molecule has 0 spiro atoms. The molecule has 2 heterocycles. The lowest BCUT2D eigenvalue weighted by atomic mass is 10.2. The molecule has 5 nitrogen and oxygen atoms in total. The summed E-state index contributed by atoms with van der Waals surface area (Å²) in [6.45, 7) is 0. The van der Waals surface area contributed by atoms with E-state index >= 15 is 0 Å². The lowest BCUT2D eigenvalue weighted by molar-refractivity contribution is 0.432. The van der Waals surface area contributed by atoms with Crippen LogP contribution in [0.25, 0.3) is 23.0 Å². The molecule has 6 heteroatoms. The summed E-state index contributed by atoms with van der Waals surface area (Å²) in [4.78, 5) is 7.12. The number of nitrogens with one attached hydrogen (secondary N) is 1. The Kier molecular flexibility index (Phi) is 2.33. The van der Waals surface area contributed by atoms with Gasteiger partial charge < -0.3 is 15.2 Å². The van der Waals surface area contributed by atoms with E-state index in [-0.39, 0.29) is 11.6 Å². The molecule has 0 radical (unpaired) electrons. The maximum absolute atomic E-state index is 13.3. The van der Waals surface area contributed by atoms with Crippen molar-refractivity contribution in [1.29, 1.82) is 0 Å². The van der Waals surface area contributed by atoms with Gasteiger partial charge in [-0.1, -0.05) is 11.2 Å². The Morgan fingerprint density at radius 2 is 2.11 bits per heavy atom. The highest BCUT2D eigenvalue weighted by Gasteiger charge is 2.15. The smallest absolute Gasteiger partial charge is 0.260 e. The third kappa shape index (κ3) is 1.64. The van der Waals surface area contributed by atoms with Crippen molar-refractivity contribution >= 4 is 5.69 Å². The number of benzene rings is 1. The minimum atomic E-state index is -0.507. The van der Waals surface area contributed by atoms with Gasteiger partial charge in [0, 0.05) is 6.20 Å². The zero-order valence-electron chi connectivity index (χ0n) is 9.22. The van der Waals surface area contributed by atoms with E-state index in [4.69, 9.17) is 10.3 Å². The van der Waals surface area contributed by atoms with Crippen LogP contribution < -0.4 is 5.73 Å². The lowest BCUT2D eigenvalue weighted by Crippen LogP contribution is -1.94. The first-order chi connectivity index (χ1) is 8.75. The Morgan fingerprint density at radius 1 is 1.22 bits per heavy atom. The number of para-hydroxylation sites is 1. The number of aromatic nitrogens is 3. The van der Waals surface area contributed by atoms with Crippen molar-refractivity contribution in [3.63, 3.8) is 0 Å². The van der Waals surface area contributed by atoms with Gasteiger partial charge in [-0.15, -0.1) is 0 Å². The zero-order chi connectivity index (χ0) is 12.5. The van der Waals surface area contributed by atoms with E-state index in [1.807, 2.05) is 12.1 Å². The van der Waals surface area contributed by atoms with Crippen LogP contribution in [0, 0.1) is 5.82 Å². The van der Waals surface area contributed by atoms with Crippen molar-refractivity contribution in [1.82, 2.24) is 15.1 Å². The van der Waals surface area contributed by atoms with Gasteiger partial charge in [0.1, 0.15) is 5.82 Å². The van der Waals surface area contributed by atoms with Gasteiger partial charge in [0.25, 0.3) is 5.89 Å². The first-order valence-corrected chi connectivity index (χ1v) is 5.27. The van der Waals surface area contributed by atoms with E-state index in [0.717, 1.165) is 5.69 Å². The molecule has 3 aromatic rings. The van der Waals surface area contributed by atoms with Crippen LogP contribution in [-0.4, -0.2) is 15.1 Å². The van der Waals surface area contributed by atoms with Crippen molar-refractivity contribution in [2.45, 2.75) is 0 Å². The van der Waals surface area contributed by atoms with Crippen molar-refractivity contribution < 1.29 is 8.91 Å². The molecule has 0 amide bonds.